The van der Waals surface area contributed by atoms with Crippen molar-refractivity contribution >= 4 is 5.91 Å². The van der Waals surface area contributed by atoms with Crippen LogP contribution in [-0.2, 0) is 4.79 Å². The molecule has 84 valence electrons. The number of hydrogen-bond donors (Lipinski definition) is 3. The molecule has 0 aromatic carbocycles. The zero-order valence-corrected chi connectivity index (χ0v) is 9.12. The second-order valence-corrected chi connectivity index (χ2v) is 3.97. The summed E-state index contributed by atoms with van der Waals surface area (Å²) in [7, 11) is 0. The Morgan fingerprint density at radius 2 is 2.07 bits per heavy atom. The second kappa shape index (κ2) is 7.76. The molecule has 4 nitrogen and oxygen atoms in total. The van der Waals surface area contributed by atoms with Gasteiger partial charge in [0, 0.05) is 13.1 Å². The fourth-order valence-electron chi connectivity index (χ4n) is 1.13. The third-order valence-corrected chi connectivity index (χ3v) is 1.96. The van der Waals surface area contributed by atoms with Crippen LogP contribution >= 0.6 is 0 Å². The van der Waals surface area contributed by atoms with Crippen molar-refractivity contribution in [3.8, 4) is 0 Å². The lowest BCUT2D eigenvalue weighted by Gasteiger charge is -2.11. The molecule has 0 spiro atoms. The van der Waals surface area contributed by atoms with Crippen LogP contribution in [0.3, 0.4) is 0 Å². The molecule has 0 fully saturated rings. The summed E-state index contributed by atoms with van der Waals surface area (Å²) >= 11 is 0. The van der Waals surface area contributed by atoms with Gasteiger partial charge < -0.3 is 16.2 Å². The largest absolute Gasteiger partial charge is 0.393 e. The third kappa shape index (κ3) is 8.01. The van der Waals surface area contributed by atoms with Crippen LogP contribution in [0.1, 0.15) is 33.1 Å². The molecule has 0 aliphatic rings. The summed E-state index contributed by atoms with van der Waals surface area (Å²) in [6.07, 6.45) is 1.31. The average molecular weight is 202 g/mol. The van der Waals surface area contributed by atoms with Crippen LogP contribution < -0.4 is 11.1 Å². The van der Waals surface area contributed by atoms with Gasteiger partial charge in [-0.15, -0.1) is 0 Å². The highest BCUT2D eigenvalue weighted by Crippen LogP contribution is 2.08. The molecule has 0 heterocycles. The first kappa shape index (κ1) is 13.4. The fraction of sp³-hybridized carbons (Fsp3) is 0.900. The molecular formula is C10H22N2O2. The van der Waals surface area contributed by atoms with Gasteiger partial charge in [0.05, 0.1) is 12.5 Å². The Labute approximate surface area is 85.9 Å². The van der Waals surface area contributed by atoms with E-state index in [9.17, 15) is 9.90 Å². The van der Waals surface area contributed by atoms with Crippen LogP contribution in [-0.4, -0.2) is 30.2 Å². The number of nitrogens with one attached hydrogen (secondary N) is 1. The zero-order valence-electron chi connectivity index (χ0n) is 9.12. The molecule has 0 saturated carbocycles. The Bertz CT molecular complexity index is 160. The van der Waals surface area contributed by atoms with Gasteiger partial charge in [-0.2, -0.15) is 0 Å². The van der Waals surface area contributed by atoms with Crippen molar-refractivity contribution in [2.75, 3.05) is 13.1 Å². The highest BCUT2D eigenvalue weighted by molar-refractivity contribution is 5.76. The van der Waals surface area contributed by atoms with Gasteiger partial charge in [0.15, 0.2) is 0 Å². The van der Waals surface area contributed by atoms with Crippen LogP contribution in [0.25, 0.3) is 0 Å². The zero-order chi connectivity index (χ0) is 11.0. The normalized spacial score (nSPS) is 12.9. The number of carbonyl (C=O) groups is 1. The first-order valence-corrected chi connectivity index (χ1v) is 5.21. The average Bonchev–Trinajstić information content (AvgIpc) is 2.11. The quantitative estimate of drug-likeness (QED) is 0.554. The molecule has 0 aliphatic carbocycles. The number of hydrogen-bond acceptors (Lipinski definition) is 3. The number of nitrogens with two attached hydrogens (primary N) is 1. The maximum atomic E-state index is 11.1. The standard InChI is InChI=1S/C10H22N2O2/c1-8(2)3-4-9(13)7-10(14)12-6-5-11/h8-9,13H,3-7,11H2,1-2H3,(H,12,14). The predicted octanol–water partition coefficient (Wildman–Crippen LogP) is 0.249. The lowest BCUT2D eigenvalue weighted by molar-refractivity contribution is -0.123. The molecule has 1 amide bonds. The van der Waals surface area contributed by atoms with Crippen LogP contribution in [0.2, 0.25) is 0 Å². The van der Waals surface area contributed by atoms with E-state index in [1.807, 2.05) is 0 Å². The number of rotatable bonds is 7. The van der Waals surface area contributed by atoms with Gasteiger partial charge in [-0.25, -0.2) is 0 Å². The maximum absolute atomic E-state index is 11.1. The Hall–Kier alpha value is -0.610. The summed E-state index contributed by atoms with van der Waals surface area (Å²) in [5.41, 5.74) is 5.23. The van der Waals surface area contributed by atoms with Crippen molar-refractivity contribution in [3.63, 3.8) is 0 Å². The van der Waals surface area contributed by atoms with E-state index in [1.165, 1.54) is 0 Å². The summed E-state index contributed by atoms with van der Waals surface area (Å²) in [6, 6.07) is 0. The van der Waals surface area contributed by atoms with Gasteiger partial charge in [0.2, 0.25) is 5.91 Å². The van der Waals surface area contributed by atoms with E-state index in [4.69, 9.17) is 5.73 Å². The van der Waals surface area contributed by atoms with Crippen molar-refractivity contribution in [2.45, 2.75) is 39.2 Å². The molecule has 1 unspecified atom stereocenters. The molecule has 4 heteroatoms. The Balaban J connectivity index is 3.50. The summed E-state index contributed by atoms with van der Waals surface area (Å²) in [5, 5.41) is 12.1. The van der Waals surface area contributed by atoms with E-state index in [0.717, 1.165) is 6.42 Å². The molecule has 0 bridgehead atoms. The first-order chi connectivity index (χ1) is 6.56. The lowest BCUT2D eigenvalue weighted by Crippen LogP contribution is -2.31. The van der Waals surface area contributed by atoms with Crippen molar-refractivity contribution in [1.29, 1.82) is 0 Å². The van der Waals surface area contributed by atoms with E-state index in [0.29, 0.717) is 25.4 Å². The molecule has 0 aromatic heterocycles. The number of amides is 1. The van der Waals surface area contributed by atoms with Gasteiger partial charge in [-0.05, 0) is 18.8 Å². The smallest absolute Gasteiger partial charge is 0.222 e. The number of carbonyl (C=O) groups excluding carboxylic acids is 1. The van der Waals surface area contributed by atoms with Crippen molar-refractivity contribution in [3.05, 3.63) is 0 Å². The van der Waals surface area contributed by atoms with Crippen molar-refractivity contribution in [1.82, 2.24) is 5.32 Å². The number of aliphatic hydroxyl groups is 1. The van der Waals surface area contributed by atoms with E-state index in [2.05, 4.69) is 19.2 Å². The highest BCUT2D eigenvalue weighted by Gasteiger charge is 2.10. The van der Waals surface area contributed by atoms with Gasteiger partial charge in [0.1, 0.15) is 0 Å². The molecule has 0 rings (SSSR count). The predicted molar refractivity (Wildman–Crippen MR) is 56.8 cm³/mol. The van der Waals surface area contributed by atoms with Gasteiger partial charge in [-0.1, -0.05) is 13.8 Å². The van der Waals surface area contributed by atoms with Crippen LogP contribution in [0.4, 0.5) is 0 Å². The molecule has 0 aromatic rings. The summed E-state index contributed by atoms with van der Waals surface area (Å²) in [4.78, 5) is 11.1. The first-order valence-electron chi connectivity index (χ1n) is 5.21. The minimum absolute atomic E-state index is 0.119. The highest BCUT2D eigenvalue weighted by atomic mass is 16.3. The molecule has 0 aliphatic heterocycles. The van der Waals surface area contributed by atoms with Gasteiger partial charge in [-0.3, -0.25) is 4.79 Å². The van der Waals surface area contributed by atoms with Crippen LogP contribution in [0.15, 0.2) is 0 Å². The van der Waals surface area contributed by atoms with Crippen molar-refractivity contribution in [2.24, 2.45) is 11.7 Å². The molecule has 0 radical (unpaired) electrons. The Morgan fingerprint density at radius 3 is 2.57 bits per heavy atom. The van der Waals surface area contributed by atoms with E-state index < -0.39 is 6.10 Å². The maximum Gasteiger partial charge on any atom is 0.222 e. The van der Waals surface area contributed by atoms with Gasteiger partial charge >= 0.3 is 0 Å². The third-order valence-electron chi connectivity index (χ3n) is 1.96. The fourth-order valence-corrected chi connectivity index (χ4v) is 1.13. The summed E-state index contributed by atoms with van der Waals surface area (Å²) in [5.74, 6) is 0.448. The Morgan fingerprint density at radius 1 is 1.43 bits per heavy atom. The molecular weight excluding hydrogens is 180 g/mol. The molecule has 1 atom stereocenters. The summed E-state index contributed by atoms with van der Waals surface area (Å²) < 4.78 is 0. The molecule has 14 heavy (non-hydrogen) atoms. The van der Waals surface area contributed by atoms with Crippen LogP contribution in [0, 0.1) is 5.92 Å². The minimum Gasteiger partial charge on any atom is -0.393 e. The van der Waals surface area contributed by atoms with Crippen LogP contribution in [0.5, 0.6) is 0 Å². The van der Waals surface area contributed by atoms with E-state index in [-0.39, 0.29) is 12.3 Å². The van der Waals surface area contributed by atoms with E-state index >= 15 is 0 Å². The molecule has 0 saturated heterocycles. The van der Waals surface area contributed by atoms with Crippen molar-refractivity contribution < 1.29 is 9.90 Å². The van der Waals surface area contributed by atoms with Gasteiger partial charge in [0.25, 0.3) is 0 Å². The monoisotopic (exact) mass is 202 g/mol. The topological polar surface area (TPSA) is 75.3 Å². The Kier molecular flexibility index (Phi) is 7.42. The second-order valence-electron chi connectivity index (χ2n) is 3.97. The summed E-state index contributed by atoms with van der Waals surface area (Å²) in [6.45, 7) is 5.12. The number of aliphatic hydroxyl groups excluding tert-OH is 1. The lowest BCUT2D eigenvalue weighted by atomic mass is 10.0. The molecule has 4 N–H and O–H groups in total. The van der Waals surface area contributed by atoms with E-state index in [1.54, 1.807) is 0 Å². The minimum atomic E-state index is -0.518. The SMILES string of the molecule is CC(C)CCC(O)CC(=O)NCCN.